The molecular weight excluding hydrogens is 188 g/mol. The number of fused-ring (bicyclic) bond motifs is 1. The lowest BCUT2D eigenvalue weighted by molar-refractivity contribution is 0.460. The van der Waals surface area contributed by atoms with Gasteiger partial charge in [-0.05, 0) is 6.26 Å². The van der Waals surface area contributed by atoms with Crippen LogP contribution in [0.2, 0.25) is 0 Å². The minimum absolute atomic E-state index is 0.0955. The summed E-state index contributed by atoms with van der Waals surface area (Å²) in [5, 5.41) is 18.3. The Morgan fingerprint density at radius 2 is 2.23 bits per heavy atom. The van der Waals surface area contributed by atoms with Gasteiger partial charge >= 0.3 is 0 Å². The molecule has 0 aliphatic heterocycles. The molecule has 66 valence electrons. The lowest BCUT2D eigenvalue weighted by Crippen LogP contribution is -1.91. The fourth-order valence-corrected chi connectivity index (χ4v) is 1.39. The quantitative estimate of drug-likeness (QED) is 0.678. The summed E-state index contributed by atoms with van der Waals surface area (Å²) in [5.41, 5.74) is 0.408. The Hall–Kier alpha value is -1.43. The van der Waals surface area contributed by atoms with E-state index in [1.54, 1.807) is 0 Å². The molecule has 0 aromatic carbocycles. The molecule has 1 N–H and O–H groups in total. The van der Waals surface area contributed by atoms with E-state index in [1.807, 2.05) is 6.26 Å². The summed E-state index contributed by atoms with van der Waals surface area (Å²) in [5.74, 6) is 0.0955. The maximum atomic E-state index is 9.65. The molecule has 0 aliphatic rings. The highest BCUT2D eigenvalue weighted by Crippen LogP contribution is 2.28. The van der Waals surface area contributed by atoms with Crippen LogP contribution >= 0.6 is 11.8 Å². The first kappa shape index (κ1) is 8.18. The van der Waals surface area contributed by atoms with E-state index in [4.69, 9.17) is 0 Å². The lowest BCUT2D eigenvalue weighted by atomic mass is 10.3. The largest absolute Gasteiger partial charge is 0.504 e. The molecule has 2 aromatic heterocycles. The molecule has 2 heterocycles. The molecule has 0 bridgehead atoms. The summed E-state index contributed by atoms with van der Waals surface area (Å²) >= 11 is 1.33. The SMILES string of the molecule is CSc1nnc2ncncc2c1O. The van der Waals surface area contributed by atoms with Gasteiger partial charge in [0.1, 0.15) is 6.33 Å². The Labute approximate surface area is 78.2 Å². The molecule has 0 spiro atoms. The highest BCUT2D eigenvalue weighted by molar-refractivity contribution is 7.98. The highest BCUT2D eigenvalue weighted by Gasteiger charge is 2.08. The smallest absolute Gasteiger partial charge is 0.188 e. The molecule has 0 aliphatic carbocycles. The molecule has 6 heteroatoms. The van der Waals surface area contributed by atoms with Crippen molar-refractivity contribution in [3.8, 4) is 5.75 Å². The fraction of sp³-hybridized carbons (Fsp3) is 0.143. The Kier molecular flexibility index (Phi) is 1.97. The van der Waals surface area contributed by atoms with Crippen molar-refractivity contribution in [3.63, 3.8) is 0 Å². The normalized spacial score (nSPS) is 10.5. The number of nitrogens with zero attached hydrogens (tertiary/aromatic N) is 4. The monoisotopic (exact) mass is 194 g/mol. The number of aromatic hydroxyl groups is 1. The Balaban J connectivity index is 2.79. The maximum Gasteiger partial charge on any atom is 0.188 e. The maximum absolute atomic E-state index is 9.65. The number of rotatable bonds is 1. The second kappa shape index (κ2) is 3.14. The summed E-state index contributed by atoms with van der Waals surface area (Å²) in [7, 11) is 0. The summed E-state index contributed by atoms with van der Waals surface area (Å²) in [6.07, 6.45) is 4.71. The molecular formula is C7H6N4OS. The van der Waals surface area contributed by atoms with Crippen LogP contribution in [0.3, 0.4) is 0 Å². The minimum Gasteiger partial charge on any atom is -0.504 e. The first-order valence-electron chi connectivity index (χ1n) is 3.52. The molecule has 0 saturated carbocycles. The van der Waals surface area contributed by atoms with E-state index in [0.29, 0.717) is 16.1 Å². The molecule has 13 heavy (non-hydrogen) atoms. The predicted octanol–water partition coefficient (Wildman–Crippen LogP) is 0.847. The van der Waals surface area contributed by atoms with Gasteiger partial charge in [0.2, 0.25) is 0 Å². The first-order chi connectivity index (χ1) is 6.33. The van der Waals surface area contributed by atoms with Crippen molar-refractivity contribution in [2.45, 2.75) is 5.03 Å². The predicted molar refractivity (Wildman–Crippen MR) is 48.6 cm³/mol. The van der Waals surface area contributed by atoms with Gasteiger partial charge in [0.25, 0.3) is 0 Å². The number of thioether (sulfide) groups is 1. The van der Waals surface area contributed by atoms with Crippen LogP contribution in [0.4, 0.5) is 0 Å². The van der Waals surface area contributed by atoms with Crippen LogP contribution in [-0.4, -0.2) is 31.5 Å². The summed E-state index contributed by atoms with van der Waals surface area (Å²) in [4.78, 5) is 7.66. The Morgan fingerprint density at radius 1 is 1.38 bits per heavy atom. The molecule has 0 unspecified atom stereocenters. The van der Waals surface area contributed by atoms with Gasteiger partial charge in [-0.3, -0.25) is 0 Å². The van der Waals surface area contributed by atoms with E-state index in [-0.39, 0.29) is 5.75 Å². The Morgan fingerprint density at radius 3 is 3.00 bits per heavy atom. The zero-order valence-electron chi connectivity index (χ0n) is 6.80. The van der Waals surface area contributed by atoms with E-state index in [0.717, 1.165) is 0 Å². The first-order valence-corrected chi connectivity index (χ1v) is 4.74. The van der Waals surface area contributed by atoms with Crippen molar-refractivity contribution < 1.29 is 5.11 Å². The molecule has 0 fully saturated rings. The molecule has 0 atom stereocenters. The zero-order chi connectivity index (χ0) is 9.26. The van der Waals surface area contributed by atoms with Crippen LogP contribution in [0.5, 0.6) is 5.75 Å². The Bertz CT molecular complexity index is 447. The topological polar surface area (TPSA) is 71.8 Å². The number of aromatic nitrogens is 4. The average Bonchev–Trinajstić information content (AvgIpc) is 2.19. The van der Waals surface area contributed by atoms with Crippen molar-refractivity contribution in [2.75, 3.05) is 6.26 Å². The van der Waals surface area contributed by atoms with Crippen LogP contribution < -0.4 is 0 Å². The van der Waals surface area contributed by atoms with Gasteiger partial charge in [0.05, 0.1) is 5.39 Å². The molecule has 0 amide bonds. The van der Waals surface area contributed by atoms with Gasteiger partial charge in [0.15, 0.2) is 16.4 Å². The minimum atomic E-state index is 0.0955. The van der Waals surface area contributed by atoms with E-state index in [9.17, 15) is 5.11 Å². The van der Waals surface area contributed by atoms with Crippen LogP contribution in [0.15, 0.2) is 17.6 Å². The van der Waals surface area contributed by atoms with Crippen molar-refractivity contribution in [3.05, 3.63) is 12.5 Å². The second-order valence-electron chi connectivity index (χ2n) is 2.32. The van der Waals surface area contributed by atoms with Gasteiger partial charge in [0, 0.05) is 6.20 Å². The van der Waals surface area contributed by atoms with E-state index in [1.165, 1.54) is 24.3 Å². The van der Waals surface area contributed by atoms with Crippen molar-refractivity contribution in [1.29, 1.82) is 0 Å². The standard InChI is InChI=1S/C7H6N4OS/c1-13-7-5(12)4-2-8-3-9-6(4)10-11-7/h2-3H,1H3,(H,8,9,10,12). The third-order valence-electron chi connectivity index (χ3n) is 1.58. The van der Waals surface area contributed by atoms with Crippen LogP contribution in [0, 0.1) is 0 Å². The molecule has 2 aromatic rings. The van der Waals surface area contributed by atoms with Crippen molar-refractivity contribution in [2.24, 2.45) is 0 Å². The summed E-state index contributed by atoms with van der Waals surface area (Å²) < 4.78 is 0. The summed E-state index contributed by atoms with van der Waals surface area (Å²) in [6.45, 7) is 0. The van der Waals surface area contributed by atoms with Crippen molar-refractivity contribution in [1.82, 2.24) is 20.2 Å². The summed E-state index contributed by atoms with van der Waals surface area (Å²) in [6, 6.07) is 0. The lowest BCUT2D eigenvalue weighted by Gasteiger charge is -2.00. The molecule has 0 saturated heterocycles. The molecule has 2 rings (SSSR count). The number of hydrogen-bond donors (Lipinski definition) is 1. The number of hydrogen-bond acceptors (Lipinski definition) is 6. The third kappa shape index (κ3) is 1.29. The van der Waals surface area contributed by atoms with E-state index < -0.39 is 0 Å². The van der Waals surface area contributed by atoms with Gasteiger partial charge in [-0.15, -0.1) is 22.0 Å². The van der Waals surface area contributed by atoms with Crippen LogP contribution in [0.25, 0.3) is 11.0 Å². The van der Waals surface area contributed by atoms with Crippen molar-refractivity contribution >= 4 is 22.8 Å². The molecule has 5 nitrogen and oxygen atoms in total. The zero-order valence-corrected chi connectivity index (χ0v) is 7.62. The van der Waals surface area contributed by atoms with E-state index in [2.05, 4.69) is 20.2 Å². The van der Waals surface area contributed by atoms with Crippen LogP contribution in [-0.2, 0) is 0 Å². The van der Waals surface area contributed by atoms with Gasteiger partial charge in [-0.2, -0.15) is 0 Å². The van der Waals surface area contributed by atoms with Crippen LogP contribution in [0.1, 0.15) is 0 Å². The van der Waals surface area contributed by atoms with Gasteiger partial charge in [-0.25, -0.2) is 9.97 Å². The highest BCUT2D eigenvalue weighted by atomic mass is 32.2. The van der Waals surface area contributed by atoms with Gasteiger partial charge < -0.3 is 5.11 Å². The third-order valence-corrected chi connectivity index (χ3v) is 2.24. The second-order valence-corrected chi connectivity index (χ2v) is 3.11. The van der Waals surface area contributed by atoms with Gasteiger partial charge in [-0.1, -0.05) is 0 Å². The molecule has 0 radical (unpaired) electrons. The average molecular weight is 194 g/mol. The van der Waals surface area contributed by atoms with E-state index >= 15 is 0 Å². The fourth-order valence-electron chi connectivity index (χ4n) is 0.963.